The molecular weight excluding hydrogens is 266 g/mol. The van der Waals surface area contributed by atoms with Crippen LogP contribution in [0.5, 0.6) is 0 Å². The molecule has 2 amide bonds. The van der Waals surface area contributed by atoms with E-state index in [-0.39, 0.29) is 17.7 Å². The monoisotopic (exact) mass is 289 g/mol. The Morgan fingerprint density at radius 3 is 2.76 bits per heavy atom. The maximum atomic E-state index is 12.6. The number of nitrogen functional groups attached to an aromatic ring is 1. The summed E-state index contributed by atoms with van der Waals surface area (Å²) in [5.41, 5.74) is 6.85. The number of nitrogens with one attached hydrogen (secondary N) is 1. The fraction of sp³-hybridized carbons (Fsp3) is 0.500. The Balaban J connectivity index is 2.10. The van der Waals surface area contributed by atoms with E-state index < -0.39 is 5.41 Å². The van der Waals surface area contributed by atoms with Crippen LogP contribution >= 0.6 is 0 Å². The molecule has 1 aromatic rings. The van der Waals surface area contributed by atoms with E-state index in [0.717, 1.165) is 5.56 Å². The molecule has 5 heteroatoms. The highest BCUT2D eigenvalue weighted by molar-refractivity contribution is 5.87. The van der Waals surface area contributed by atoms with E-state index in [1.807, 2.05) is 32.0 Å². The first-order valence-corrected chi connectivity index (χ1v) is 7.24. The van der Waals surface area contributed by atoms with E-state index in [2.05, 4.69) is 5.32 Å². The molecule has 3 N–H and O–H groups in total. The SMILES string of the molecule is CNC(=O)C1(C)CCN(C(=O)C(C)c2cccc(N)c2)C1. The lowest BCUT2D eigenvalue weighted by Crippen LogP contribution is -2.41. The molecule has 1 heterocycles. The quantitative estimate of drug-likeness (QED) is 0.825. The highest BCUT2D eigenvalue weighted by atomic mass is 16.2. The predicted molar refractivity (Wildman–Crippen MR) is 82.6 cm³/mol. The van der Waals surface area contributed by atoms with Crippen molar-refractivity contribution < 1.29 is 9.59 Å². The summed E-state index contributed by atoms with van der Waals surface area (Å²) in [5.74, 6) is -0.205. The van der Waals surface area contributed by atoms with Gasteiger partial charge in [0.15, 0.2) is 0 Å². The van der Waals surface area contributed by atoms with E-state index in [0.29, 0.717) is 25.2 Å². The predicted octanol–water partition coefficient (Wildman–Crippen LogP) is 1.36. The lowest BCUT2D eigenvalue weighted by molar-refractivity contribution is -0.133. The number of nitrogens with two attached hydrogens (primary N) is 1. The van der Waals surface area contributed by atoms with E-state index in [4.69, 9.17) is 5.73 Å². The molecule has 0 spiro atoms. The minimum absolute atomic E-state index is 0.00518. The Labute approximate surface area is 125 Å². The molecule has 0 saturated carbocycles. The van der Waals surface area contributed by atoms with Crippen molar-refractivity contribution in [1.29, 1.82) is 0 Å². The van der Waals surface area contributed by atoms with Crippen LogP contribution < -0.4 is 11.1 Å². The van der Waals surface area contributed by atoms with Gasteiger partial charge in [-0.05, 0) is 38.0 Å². The molecule has 1 saturated heterocycles. The Kier molecular flexibility index (Phi) is 4.21. The Morgan fingerprint density at radius 1 is 1.43 bits per heavy atom. The van der Waals surface area contributed by atoms with Crippen LogP contribution in [0.15, 0.2) is 24.3 Å². The van der Waals surface area contributed by atoms with Crippen LogP contribution in [0, 0.1) is 5.41 Å². The van der Waals surface area contributed by atoms with Crippen molar-refractivity contribution in [2.24, 2.45) is 5.41 Å². The van der Waals surface area contributed by atoms with Crippen molar-refractivity contribution in [3.05, 3.63) is 29.8 Å². The number of likely N-dealkylation sites (tertiary alicyclic amines) is 1. The van der Waals surface area contributed by atoms with Gasteiger partial charge in [-0.2, -0.15) is 0 Å². The summed E-state index contributed by atoms with van der Waals surface area (Å²) >= 11 is 0. The van der Waals surface area contributed by atoms with Gasteiger partial charge in [-0.1, -0.05) is 12.1 Å². The van der Waals surface area contributed by atoms with Crippen LogP contribution in [-0.2, 0) is 9.59 Å². The smallest absolute Gasteiger partial charge is 0.229 e. The Morgan fingerprint density at radius 2 is 2.14 bits per heavy atom. The molecule has 1 aliphatic heterocycles. The van der Waals surface area contributed by atoms with Crippen LogP contribution in [0.25, 0.3) is 0 Å². The first-order valence-electron chi connectivity index (χ1n) is 7.24. The molecule has 5 nitrogen and oxygen atoms in total. The van der Waals surface area contributed by atoms with Crippen LogP contribution in [0.2, 0.25) is 0 Å². The molecule has 0 radical (unpaired) electrons. The van der Waals surface area contributed by atoms with Crippen LogP contribution in [0.1, 0.15) is 31.7 Å². The Bertz CT molecular complexity index is 558. The first kappa shape index (κ1) is 15.4. The zero-order chi connectivity index (χ0) is 15.6. The summed E-state index contributed by atoms with van der Waals surface area (Å²) in [4.78, 5) is 26.3. The van der Waals surface area contributed by atoms with Gasteiger partial charge in [0.1, 0.15) is 0 Å². The van der Waals surface area contributed by atoms with E-state index >= 15 is 0 Å². The second kappa shape index (κ2) is 5.76. The molecule has 1 aliphatic rings. The van der Waals surface area contributed by atoms with Crippen molar-refractivity contribution >= 4 is 17.5 Å². The van der Waals surface area contributed by atoms with Gasteiger partial charge in [-0.3, -0.25) is 9.59 Å². The number of benzene rings is 1. The summed E-state index contributed by atoms with van der Waals surface area (Å²) in [5, 5.41) is 2.68. The van der Waals surface area contributed by atoms with Gasteiger partial charge < -0.3 is 16.0 Å². The van der Waals surface area contributed by atoms with Gasteiger partial charge in [-0.15, -0.1) is 0 Å². The van der Waals surface area contributed by atoms with Gasteiger partial charge >= 0.3 is 0 Å². The topological polar surface area (TPSA) is 75.4 Å². The number of carbonyl (C=O) groups is 2. The van der Waals surface area contributed by atoms with Gasteiger partial charge in [0.25, 0.3) is 0 Å². The van der Waals surface area contributed by atoms with Crippen molar-refractivity contribution in [2.75, 3.05) is 25.9 Å². The molecule has 2 unspecified atom stereocenters. The molecule has 1 fully saturated rings. The number of carbonyl (C=O) groups excluding carboxylic acids is 2. The summed E-state index contributed by atoms with van der Waals surface area (Å²) in [6.07, 6.45) is 0.696. The first-order chi connectivity index (χ1) is 9.87. The minimum Gasteiger partial charge on any atom is -0.399 e. The lowest BCUT2D eigenvalue weighted by Gasteiger charge is -2.25. The maximum absolute atomic E-state index is 12.6. The van der Waals surface area contributed by atoms with Gasteiger partial charge in [0.05, 0.1) is 11.3 Å². The molecule has 1 aromatic carbocycles. The molecule has 114 valence electrons. The van der Waals surface area contributed by atoms with Gasteiger partial charge in [0.2, 0.25) is 11.8 Å². The third-order valence-corrected chi connectivity index (χ3v) is 4.34. The average Bonchev–Trinajstić information content (AvgIpc) is 2.88. The number of rotatable bonds is 3. The highest BCUT2D eigenvalue weighted by Crippen LogP contribution is 2.32. The Hall–Kier alpha value is -2.04. The zero-order valence-electron chi connectivity index (χ0n) is 12.8. The van der Waals surface area contributed by atoms with Crippen molar-refractivity contribution in [3.63, 3.8) is 0 Å². The van der Waals surface area contributed by atoms with Gasteiger partial charge in [0, 0.05) is 25.8 Å². The number of anilines is 1. The van der Waals surface area contributed by atoms with Crippen LogP contribution in [-0.4, -0.2) is 36.9 Å². The summed E-state index contributed by atoms with van der Waals surface area (Å²) in [6.45, 7) is 4.88. The molecule has 0 bridgehead atoms. The van der Waals surface area contributed by atoms with E-state index in [9.17, 15) is 9.59 Å². The third kappa shape index (κ3) is 3.01. The van der Waals surface area contributed by atoms with Crippen LogP contribution in [0.3, 0.4) is 0 Å². The van der Waals surface area contributed by atoms with E-state index in [1.165, 1.54) is 0 Å². The summed E-state index contributed by atoms with van der Waals surface area (Å²) in [6, 6.07) is 7.40. The normalized spacial score (nSPS) is 22.9. The molecular formula is C16H23N3O2. The molecule has 0 aliphatic carbocycles. The average molecular weight is 289 g/mol. The minimum atomic E-state index is -0.486. The number of hydrogen-bond acceptors (Lipinski definition) is 3. The maximum Gasteiger partial charge on any atom is 0.229 e. The fourth-order valence-corrected chi connectivity index (χ4v) is 2.88. The second-order valence-electron chi connectivity index (χ2n) is 6.04. The number of amides is 2. The number of nitrogens with zero attached hydrogens (tertiary/aromatic N) is 1. The van der Waals surface area contributed by atoms with Crippen molar-refractivity contribution in [2.45, 2.75) is 26.2 Å². The third-order valence-electron chi connectivity index (χ3n) is 4.34. The molecule has 2 atom stereocenters. The standard InChI is InChI=1S/C16H23N3O2/c1-11(12-5-4-6-13(17)9-12)14(20)19-8-7-16(2,10-19)15(21)18-3/h4-6,9,11H,7-8,10,17H2,1-3H3,(H,18,21). The fourth-order valence-electron chi connectivity index (χ4n) is 2.88. The number of hydrogen-bond donors (Lipinski definition) is 2. The highest BCUT2D eigenvalue weighted by Gasteiger charge is 2.42. The molecule has 21 heavy (non-hydrogen) atoms. The van der Waals surface area contributed by atoms with Crippen molar-refractivity contribution in [3.8, 4) is 0 Å². The zero-order valence-corrected chi connectivity index (χ0v) is 12.8. The second-order valence-corrected chi connectivity index (χ2v) is 6.04. The van der Waals surface area contributed by atoms with E-state index in [1.54, 1.807) is 18.0 Å². The van der Waals surface area contributed by atoms with Gasteiger partial charge in [-0.25, -0.2) is 0 Å². The summed E-state index contributed by atoms with van der Waals surface area (Å²) in [7, 11) is 1.63. The largest absolute Gasteiger partial charge is 0.399 e. The van der Waals surface area contributed by atoms with Crippen molar-refractivity contribution in [1.82, 2.24) is 10.2 Å². The molecule has 2 rings (SSSR count). The van der Waals surface area contributed by atoms with Crippen LogP contribution in [0.4, 0.5) is 5.69 Å². The molecule has 0 aromatic heterocycles. The lowest BCUT2D eigenvalue weighted by atomic mass is 9.89. The summed E-state index contributed by atoms with van der Waals surface area (Å²) < 4.78 is 0.